The van der Waals surface area contributed by atoms with Crippen LogP contribution in [0, 0.1) is 11.3 Å². The van der Waals surface area contributed by atoms with Gasteiger partial charge in [-0.15, -0.1) is 0 Å². The predicted molar refractivity (Wildman–Crippen MR) is 114 cm³/mol. The normalized spacial score (nSPS) is 45.3. The highest BCUT2D eigenvalue weighted by Gasteiger charge is 2.84. The maximum atomic E-state index is 11.4. The van der Waals surface area contributed by atoms with Crippen LogP contribution in [0.25, 0.3) is 0 Å². The van der Waals surface area contributed by atoms with Crippen molar-refractivity contribution in [3.63, 3.8) is 0 Å². The number of fused-ring (bicyclic) bond motifs is 1. The molecule has 6 unspecified atom stereocenters. The summed E-state index contributed by atoms with van der Waals surface area (Å²) in [6.07, 6.45) is 7.59. The average molecular weight is 412 g/mol. The fraction of sp³-hybridized carbons (Fsp3) is 0.680. The molecular formula is C25H33NO4. The Kier molecular flexibility index (Phi) is 3.35. The van der Waals surface area contributed by atoms with Gasteiger partial charge in [0.05, 0.1) is 18.1 Å². The van der Waals surface area contributed by atoms with Crippen LogP contribution >= 0.6 is 0 Å². The van der Waals surface area contributed by atoms with Crippen molar-refractivity contribution in [1.82, 2.24) is 4.90 Å². The van der Waals surface area contributed by atoms with Crippen molar-refractivity contribution in [3.8, 4) is 11.5 Å². The quantitative estimate of drug-likeness (QED) is 0.775. The minimum absolute atomic E-state index is 0.0750. The van der Waals surface area contributed by atoms with Gasteiger partial charge in [0.15, 0.2) is 11.5 Å². The Morgan fingerprint density at radius 3 is 2.67 bits per heavy atom. The third kappa shape index (κ3) is 1.63. The van der Waals surface area contributed by atoms with E-state index >= 15 is 0 Å². The summed E-state index contributed by atoms with van der Waals surface area (Å²) >= 11 is 0. The number of hydrogen-bond acceptors (Lipinski definition) is 5. The Hall–Kier alpha value is -1.56. The van der Waals surface area contributed by atoms with Crippen LogP contribution in [0.2, 0.25) is 0 Å². The highest BCUT2D eigenvalue weighted by atomic mass is 16.6. The van der Waals surface area contributed by atoms with Gasteiger partial charge >= 0.3 is 0 Å². The molecule has 2 fully saturated rings. The van der Waals surface area contributed by atoms with Crippen LogP contribution in [0.15, 0.2) is 24.3 Å². The molecule has 5 heteroatoms. The SMILES string of the molecule is COc1ccc2c3c1OC1(C)C4(OC)C=CC5(CC4C(C)(C)O)C(C2)N(C)CCC351. The van der Waals surface area contributed by atoms with Gasteiger partial charge in [0.25, 0.3) is 0 Å². The second-order valence-electron chi connectivity index (χ2n) is 10.9. The third-order valence-electron chi connectivity index (χ3n) is 9.77. The minimum atomic E-state index is -0.895. The lowest BCUT2D eigenvalue weighted by Crippen LogP contribution is -2.85. The first-order chi connectivity index (χ1) is 14.1. The van der Waals surface area contributed by atoms with Gasteiger partial charge in [-0.25, -0.2) is 0 Å². The number of aliphatic hydroxyl groups is 1. The number of hydrogen-bond donors (Lipinski definition) is 1. The topological polar surface area (TPSA) is 51.2 Å². The molecule has 1 saturated heterocycles. The number of rotatable bonds is 3. The van der Waals surface area contributed by atoms with E-state index in [2.05, 4.69) is 43.2 Å². The van der Waals surface area contributed by atoms with Crippen LogP contribution in [0.5, 0.6) is 11.5 Å². The van der Waals surface area contributed by atoms with Gasteiger partial charge in [-0.1, -0.05) is 18.2 Å². The first-order valence-corrected chi connectivity index (χ1v) is 11.2. The molecule has 0 aromatic heterocycles. The maximum Gasteiger partial charge on any atom is 0.166 e. The minimum Gasteiger partial charge on any atom is -0.493 e. The molecule has 6 atom stereocenters. The Morgan fingerprint density at radius 2 is 2.00 bits per heavy atom. The molecule has 2 aliphatic heterocycles. The lowest BCUT2D eigenvalue weighted by atomic mass is 9.32. The molecule has 6 aliphatic rings. The van der Waals surface area contributed by atoms with E-state index in [1.807, 2.05) is 13.8 Å². The molecule has 5 nitrogen and oxygen atoms in total. The monoisotopic (exact) mass is 411 g/mol. The lowest BCUT2D eigenvalue weighted by Gasteiger charge is -2.75. The van der Waals surface area contributed by atoms with Gasteiger partial charge in [-0.3, -0.25) is 0 Å². The maximum absolute atomic E-state index is 11.4. The van der Waals surface area contributed by atoms with E-state index in [0.29, 0.717) is 6.04 Å². The molecule has 4 aliphatic carbocycles. The number of ether oxygens (including phenoxy) is 3. The third-order valence-corrected chi connectivity index (χ3v) is 9.77. The molecule has 1 N–H and O–H groups in total. The summed E-state index contributed by atoms with van der Waals surface area (Å²) in [5.41, 5.74) is 0.181. The molecule has 2 heterocycles. The van der Waals surface area contributed by atoms with Crippen LogP contribution in [-0.4, -0.2) is 60.7 Å². The number of nitrogens with zero attached hydrogens (tertiary/aromatic N) is 1. The van der Waals surface area contributed by atoms with Crippen LogP contribution in [0.1, 0.15) is 44.7 Å². The van der Waals surface area contributed by atoms with Gasteiger partial charge in [-0.2, -0.15) is 0 Å². The number of benzene rings is 1. The standard InChI is InChI=1S/C25H33NO4/c1-21(2,27)17-14-23-9-10-25(17,29-6)22(3)24(23)11-12-26(4)18(23)13-15-7-8-16(28-5)20(30-22)19(15)24/h7-10,17-18,27H,11-14H2,1-6H3. The van der Waals surface area contributed by atoms with Crippen molar-refractivity contribution in [1.29, 1.82) is 0 Å². The highest BCUT2D eigenvalue weighted by molar-refractivity contribution is 5.67. The summed E-state index contributed by atoms with van der Waals surface area (Å²) in [4.78, 5) is 2.54. The van der Waals surface area contributed by atoms with Crippen molar-refractivity contribution in [2.75, 3.05) is 27.8 Å². The second-order valence-corrected chi connectivity index (χ2v) is 10.9. The Morgan fingerprint density at radius 1 is 1.23 bits per heavy atom. The fourth-order valence-corrected chi connectivity index (χ4v) is 8.63. The molecule has 7 rings (SSSR count). The molecule has 30 heavy (non-hydrogen) atoms. The number of methoxy groups -OCH3 is 2. The predicted octanol–water partition coefficient (Wildman–Crippen LogP) is 3.08. The van der Waals surface area contributed by atoms with Gasteiger partial charge in [0.2, 0.25) is 0 Å². The van der Waals surface area contributed by atoms with Gasteiger partial charge < -0.3 is 24.2 Å². The van der Waals surface area contributed by atoms with Gasteiger partial charge in [0.1, 0.15) is 11.2 Å². The molecular weight excluding hydrogens is 378 g/mol. The molecule has 0 amide bonds. The summed E-state index contributed by atoms with van der Waals surface area (Å²) in [7, 11) is 5.76. The average Bonchev–Trinajstić information content (AvgIpc) is 3.00. The summed E-state index contributed by atoms with van der Waals surface area (Å²) in [6, 6.07) is 4.67. The van der Waals surface area contributed by atoms with Crippen LogP contribution in [-0.2, 0) is 16.6 Å². The van der Waals surface area contributed by atoms with E-state index in [0.717, 1.165) is 37.3 Å². The zero-order valence-electron chi connectivity index (χ0n) is 18.9. The number of likely N-dealkylation sites (tertiary alicyclic amines) is 1. The Bertz CT molecular complexity index is 982. The number of piperidine rings is 1. The van der Waals surface area contributed by atoms with Crippen molar-refractivity contribution in [2.24, 2.45) is 11.3 Å². The smallest absolute Gasteiger partial charge is 0.166 e. The van der Waals surface area contributed by atoms with E-state index in [1.54, 1.807) is 14.2 Å². The molecule has 0 radical (unpaired) electrons. The van der Waals surface area contributed by atoms with Crippen LogP contribution in [0.3, 0.4) is 0 Å². The van der Waals surface area contributed by atoms with Crippen molar-refractivity contribution in [3.05, 3.63) is 35.4 Å². The van der Waals surface area contributed by atoms with Crippen LogP contribution in [0.4, 0.5) is 0 Å². The first-order valence-electron chi connectivity index (χ1n) is 11.2. The molecule has 4 bridgehead atoms. The van der Waals surface area contributed by atoms with E-state index in [1.165, 1.54) is 11.1 Å². The molecule has 1 aromatic rings. The summed E-state index contributed by atoms with van der Waals surface area (Å²) in [5, 5.41) is 11.4. The lowest BCUT2D eigenvalue weighted by molar-refractivity contribution is -0.283. The summed E-state index contributed by atoms with van der Waals surface area (Å²) in [6.45, 7) is 7.12. The van der Waals surface area contributed by atoms with Gasteiger partial charge in [0, 0.05) is 30.0 Å². The Labute approximate surface area is 179 Å². The molecule has 1 aromatic carbocycles. The van der Waals surface area contributed by atoms with Crippen molar-refractivity contribution >= 4 is 0 Å². The van der Waals surface area contributed by atoms with Crippen molar-refractivity contribution in [2.45, 2.75) is 68.3 Å². The highest BCUT2D eigenvalue weighted by Crippen LogP contribution is 2.78. The van der Waals surface area contributed by atoms with E-state index in [9.17, 15) is 5.11 Å². The van der Waals surface area contributed by atoms with Crippen LogP contribution < -0.4 is 9.47 Å². The molecule has 2 spiro atoms. The molecule has 1 saturated carbocycles. The molecule has 162 valence electrons. The largest absolute Gasteiger partial charge is 0.493 e. The van der Waals surface area contributed by atoms with E-state index in [-0.39, 0.29) is 16.7 Å². The summed E-state index contributed by atoms with van der Waals surface area (Å²) < 4.78 is 19.2. The van der Waals surface area contributed by atoms with E-state index < -0.39 is 16.8 Å². The zero-order chi connectivity index (χ0) is 21.3. The number of likely N-dealkylation sites (N-methyl/N-ethyl adjacent to an activating group) is 1. The fourth-order valence-electron chi connectivity index (χ4n) is 8.63. The first kappa shape index (κ1) is 19.1. The van der Waals surface area contributed by atoms with Gasteiger partial charge in [-0.05, 0) is 65.3 Å². The summed E-state index contributed by atoms with van der Waals surface area (Å²) in [5.74, 6) is 1.62. The second kappa shape index (κ2) is 5.25. The zero-order valence-corrected chi connectivity index (χ0v) is 18.9. The van der Waals surface area contributed by atoms with E-state index in [4.69, 9.17) is 14.2 Å². The Balaban J connectivity index is 1.75. The van der Waals surface area contributed by atoms with Crippen molar-refractivity contribution < 1.29 is 19.3 Å².